The summed E-state index contributed by atoms with van der Waals surface area (Å²) in [7, 11) is -3.10. The number of hydrogen-bond acceptors (Lipinski definition) is 5. The van der Waals surface area contributed by atoms with Crippen LogP contribution in [0.15, 0.2) is 12.4 Å². The molecule has 1 aromatic rings. The van der Waals surface area contributed by atoms with Crippen LogP contribution in [0.5, 0.6) is 0 Å². The number of rotatable bonds is 5. The highest BCUT2D eigenvalue weighted by Crippen LogP contribution is 2.25. The fraction of sp³-hybridized carbons (Fsp3) is 0.667. The summed E-state index contributed by atoms with van der Waals surface area (Å²) in [5.74, 6) is 0.939. The first kappa shape index (κ1) is 14.2. The van der Waals surface area contributed by atoms with E-state index in [0.29, 0.717) is 12.6 Å². The van der Waals surface area contributed by atoms with Gasteiger partial charge in [0.1, 0.15) is 12.1 Å². The third-order valence-electron chi connectivity index (χ3n) is 3.30. The quantitative estimate of drug-likeness (QED) is 0.861. The van der Waals surface area contributed by atoms with E-state index in [9.17, 15) is 8.42 Å². The molecule has 2 heterocycles. The van der Waals surface area contributed by atoms with Crippen LogP contribution in [-0.4, -0.2) is 43.8 Å². The third kappa shape index (κ3) is 4.14. The Kier molecular flexibility index (Phi) is 4.36. The van der Waals surface area contributed by atoms with Crippen molar-refractivity contribution in [2.75, 3.05) is 24.2 Å². The zero-order valence-corrected chi connectivity index (χ0v) is 12.2. The Labute approximate surface area is 114 Å². The van der Waals surface area contributed by atoms with Crippen LogP contribution < -0.4 is 9.62 Å². The Bertz CT molecular complexity index is 532. The molecule has 1 aromatic heterocycles. The van der Waals surface area contributed by atoms with Gasteiger partial charge >= 0.3 is 0 Å². The lowest BCUT2D eigenvalue weighted by atomic mass is 10.1. The summed E-state index contributed by atoms with van der Waals surface area (Å²) >= 11 is 0. The highest BCUT2D eigenvalue weighted by molar-refractivity contribution is 7.88. The molecular weight excluding hydrogens is 264 g/mol. The number of hydrogen-bond donors (Lipinski definition) is 1. The average Bonchev–Trinajstić information content (AvgIpc) is 2.75. The minimum atomic E-state index is -3.10. The summed E-state index contributed by atoms with van der Waals surface area (Å²) in [5, 5.41) is 0. The van der Waals surface area contributed by atoms with Crippen molar-refractivity contribution in [1.29, 1.82) is 0 Å². The Morgan fingerprint density at radius 3 is 2.95 bits per heavy atom. The van der Waals surface area contributed by atoms with Crippen LogP contribution in [-0.2, 0) is 10.0 Å². The van der Waals surface area contributed by atoms with Crippen LogP contribution in [0.1, 0.15) is 25.0 Å². The van der Waals surface area contributed by atoms with Crippen molar-refractivity contribution in [2.24, 2.45) is 0 Å². The molecule has 7 heteroatoms. The molecule has 0 saturated carbocycles. The summed E-state index contributed by atoms with van der Waals surface area (Å²) in [6.07, 6.45) is 5.76. The van der Waals surface area contributed by atoms with Crippen molar-refractivity contribution in [2.45, 2.75) is 32.2 Å². The monoisotopic (exact) mass is 284 g/mol. The van der Waals surface area contributed by atoms with E-state index < -0.39 is 10.0 Å². The SMILES string of the molecule is Cc1cc(N2CCC[C@H]2CCNS(C)(=O)=O)ncn1. The maximum absolute atomic E-state index is 11.1. The summed E-state index contributed by atoms with van der Waals surface area (Å²) in [6, 6.07) is 2.33. The highest BCUT2D eigenvalue weighted by atomic mass is 32.2. The summed E-state index contributed by atoms with van der Waals surface area (Å²) in [6.45, 7) is 3.39. The highest BCUT2D eigenvalue weighted by Gasteiger charge is 2.25. The van der Waals surface area contributed by atoms with Crippen LogP contribution in [0, 0.1) is 6.92 Å². The van der Waals surface area contributed by atoms with Gasteiger partial charge in [-0.2, -0.15) is 0 Å². The lowest BCUT2D eigenvalue weighted by Gasteiger charge is -2.25. The predicted octanol–water partition coefficient (Wildman–Crippen LogP) is 0.693. The molecule has 0 aliphatic carbocycles. The van der Waals surface area contributed by atoms with Crippen LogP contribution in [0.2, 0.25) is 0 Å². The van der Waals surface area contributed by atoms with Gasteiger partial charge in [0.05, 0.1) is 6.26 Å². The van der Waals surface area contributed by atoms with E-state index in [2.05, 4.69) is 19.6 Å². The number of nitrogens with zero attached hydrogens (tertiary/aromatic N) is 3. The lowest BCUT2D eigenvalue weighted by Crippen LogP contribution is -2.34. The molecule has 0 unspecified atom stereocenters. The standard InChI is InChI=1S/C12H20N4O2S/c1-10-8-12(14-9-13-10)16-7-3-4-11(16)5-6-15-19(2,17)18/h8-9,11,15H,3-7H2,1-2H3/t11-/m0/s1. The van der Waals surface area contributed by atoms with Crippen molar-refractivity contribution >= 4 is 15.8 Å². The molecule has 1 saturated heterocycles. The van der Waals surface area contributed by atoms with Gasteiger partial charge in [-0.1, -0.05) is 0 Å². The van der Waals surface area contributed by atoms with E-state index in [1.54, 1.807) is 6.33 Å². The zero-order valence-electron chi connectivity index (χ0n) is 11.3. The van der Waals surface area contributed by atoms with E-state index >= 15 is 0 Å². The second-order valence-corrected chi connectivity index (χ2v) is 6.80. The molecule has 0 bridgehead atoms. The smallest absolute Gasteiger partial charge is 0.208 e. The normalized spacial score (nSPS) is 19.9. The van der Waals surface area contributed by atoms with E-state index in [-0.39, 0.29) is 0 Å². The minimum absolute atomic E-state index is 0.351. The van der Waals surface area contributed by atoms with Crippen LogP contribution in [0.25, 0.3) is 0 Å². The second kappa shape index (κ2) is 5.83. The molecule has 1 aliphatic rings. The molecular formula is C12H20N4O2S. The van der Waals surface area contributed by atoms with Crippen molar-refractivity contribution in [3.05, 3.63) is 18.1 Å². The van der Waals surface area contributed by atoms with Crippen LogP contribution in [0.4, 0.5) is 5.82 Å². The maximum Gasteiger partial charge on any atom is 0.208 e. The third-order valence-corrected chi connectivity index (χ3v) is 4.03. The number of anilines is 1. The average molecular weight is 284 g/mol. The molecule has 106 valence electrons. The van der Waals surface area contributed by atoms with Gasteiger partial charge < -0.3 is 4.90 Å². The van der Waals surface area contributed by atoms with Gasteiger partial charge in [-0.05, 0) is 26.2 Å². The molecule has 0 aromatic carbocycles. The zero-order chi connectivity index (χ0) is 13.9. The Balaban J connectivity index is 1.97. The van der Waals surface area contributed by atoms with Crippen LogP contribution >= 0.6 is 0 Å². The van der Waals surface area contributed by atoms with E-state index in [4.69, 9.17) is 0 Å². The molecule has 1 N–H and O–H groups in total. The van der Waals surface area contributed by atoms with Gasteiger partial charge in [-0.25, -0.2) is 23.1 Å². The molecule has 0 spiro atoms. The van der Waals surface area contributed by atoms with Gasteiger partial charge in [0.2, 0.25) is 10.0 Å². The lowest BCUT2D eigenvalue weighted by molar-refractivity contribution is 0.565. The summed E-state index contributed by atoms with van der Waals surface area (Å²) < 4.78 is 24.7. The Morgan fingerprint density at radius 1 is 1.47 bits per heavy atom. The van der Waals surface area contributed by atoms with Gasteiger partial charge in [0, 0.05) is 30.9 Å². The first-order valence-electron chi connectivity index (χ1n) is 6.45. The van der Waals surface area contributed by atoms with E-state index in [1.165, 1.54) is 6.26 Å². The van der Waals surface area contributed by atoms with Gasteiger partial charge in [0.15, 0.2) is 0 Å². The molecule has 6 nitrogen and oxygen atoms in total. The number of sulfonamides is 1. The van der Waals surface area contributed by atoms with Gasteiger partial charge in [-0.15, -0.1) is 0 Å². The molecule has 1 fully saturated rings. The molecule has 2 rings (SSSR count). The minimum Gasteiger partial charge on any atom is -0.353 e. The number of aromatic nitrogens is 2. The van der Waals surface area contributed by atoms with Crippen LogP contribution in [0.3, 0.4) is 0 Å². The Hall–Kier alpha value is -1.21. The molecule has 1 aliphatic heterocycles. The van der Waals surface area contributed by atoms with Gasteiger partial charge in [0.25, 0.3) is 0 Å². The van der Waals surface area contributed by atoms with E-state index in [0.717, 1.165) is 37.3 Å². The second-order valence-electron chi connectivity index (χ2n) is 4.96. The van der Waals surface area contributed by atoms with Gasteiger partial charge in [-0.3, -0.25) is 0 Å². The maximum atomic E-state index is 11.1. The van der Waals surface area contributed by atoms with Crippen molar-refractivity contribution < 1.29 is 8.42 Å². The Morgan fingerprint density at radius 2 is 2.26 bits per heavy atom. The summed E-state index contributed by atoms with van der Waals surface area (Å²) in [5.41, 5.74) is 0.949. The molecule has 1 atom stereocenters. The fourth-order valence-electron chi connectivity index (χ4n) is 2.45. The first-order chi connectivity index (χ1) is 8.96. The topological polar surface area (TPSA) is 75.2 Å². The molecule has 0 radical (unpaired) electrons. The molecule has 19 heavy (non-hydrogen) atoms. The fourth-order valence-corrected chi connectivity index (χ4v) is 2.93. The van der Waals surface area contributed by atoms with Crippen molar-refractivity contribution in [1.82, 2.24) is 14.7 Å². The van der Waals surface area contributed by atoms with Crippen molar-refractivity contribution in [3.63, 3.8) is 0 Å². The number of aryl methyl sites for hydroxylation is 1. The first-order valence-corrected chi connectivity index (χ1v) is 8.35. The van der Waals surface area contributed by atoms with Crippen molar-refractivity contribution in [3.8, 4) is 0 Å². The number of nitrogens with one attached hydrogen (secondary N) is 1. The molecule has 0 amide bonds. The predicted molar refractivity (Wildman–Crippen MR) is 74.6 cm³/mol. The summed E-state index contributed by atoms with van der Waals surface area (Å²) in [4.78, 5) is 10.7. The van der Waals surface area contributed by atoms with E-state index in [1.807, 2.05) is 13.0 Å². The largest absolute Gasteiger partial charge is 0.353 e.